The minimum absolute atomic E-state index is 0.217. The van der Waals surface area contributed by atoms with E-state index in [1.165, 1.54) is 40.4 Å². The van der Waals surface area contributed by atoms with E-state index >= 15 is 4.79 Å². The Kier molecular flexibility index (Phi) is 11.9. The predicted octanol–water partition coefficient (Wildman–Crippen LogP) is 4.70. The molecule has 6 heterocycles. The van der Waals surface area contributed by atoms with E-state index < -0.39 is 56.3 Å². The molecule has 5 unspecified atom stereocenters. The van der Waals surface area contributed by atoms with Gasteiger partial charge in [0.2, 0.25) is 5.60 Å². The number of likely N-dealkylation sites (N-methyl/N-ethyl adjacent to an activating group) is 1. The number of para-hydroxylation sites is 1. The lowest BCUT2D eigenvalue weighted by Crippen LogP contribution is -2.81. The first-order chi connectivity index (χ1) is 31.5. The number of H-pyrrole nitrogens is 1. The predicted molar refractivity (Wildman–Crippen MR) is 245 cm³/mol. The normalized spacial score (nSPS) is 35.3. The summed E-state index contributed by atoms with van der Waals surface area (Å²) in [7, 11) is 3.05. The van der Waals surface area contributed by atoms with Crippen LogP contribution < -0.4 is 9.64 Å². The number of hydrogen-bond donors (Lipinski definition) is 3. The van der Waals surface area contributed by atoms with E-state index in [4.69, 9.17) is 23.5 Å². The van der Waals surface area contributed by atoms with E-state index in [2.05, 4.69) is 55.4 Å². The molecule has 4 fully saturated rings. The molecule has 11 atom stereocenters. The lowest BCUT2D eigenvalue weighted by molar-refractivity contribution is -0.228. The highest BCUT2D eigenvalue weighted by atomic mass is 32.3. The van der Waals surface area contributed by atoms with E-state index in [1.807, 2.05) is 31.0 Å². The van der Waals surface area contributed by atoms with Gasteiger partial charge in [0.05, 0.1) is 34.5 Å². The molecule has 7 aliphatic rings. The Morgan fingerprint density at radius 1 is 0.939 bits per heavy atom. The van der Waals surface area contributed by atoms with Gasteiger partial charge in [-0.2, -0.15) is 8.42 Å². The molecular weight excluding hydrogens is 869 g/mol. The van der Waals surface area contributed by atoms with Gasteiger partial charge in [0.1, 0.15) is 11.2 Å². The molecule has 2 aliphatic carbocycles. The maximum atomic E-state index is 15.5. The van der Waals surface area contributed by atoms with Gasteiger partial charge in [-0.3, -0.25) is 23.2 Å². The number of piperidine rings is 1. The Bertz CT molecular complexity index is 2560. The van der Waals surface area contributed by atoms with Gasteiger partial charge in [0, 0.05) is 90.9 Å². The molecule has 3 N–H and O–H groups in total. The minimum Gasteiger partial charge on any atom is -0.496 e. The zero-order valence-electron chi connectivity index (χ0n) is 39.0. The molecule has 358 valence electrons. The average molecular weight is 933 g/mol. The molecule has 2 bridgehead atoms. The van der Waals surface area contributed by atoms with Crippen molar-refractivity contribution in [1.82, 2.24) is 14.8 Å². The Labute approximate surface area is 386 Å². The number of carbonyl (C=O) groups is 3. The lowest BCUT2D eigenvalue weighted by atomic mass is 9.47. The second kappa shape index (κ2) is 16.9. The summed E-state index contributed by atoms with van der Waals surface area (Å²) in [5, 5.41) is 14.5. The molecular formula is C49H64N4O12S. The number of aromatic amines is 1. The number of fused-ring (bicyclic) bond motifs is 8. The number of ether oxygens (including phenoxy) is 4. The first kappa shape index (κ1) is 46.6. The second-order valence-electron chi connectivity index (χ2n) is 19.6. The number of methoxy groups -OCH3 is 3. The summed E-state index contributed by atoms with van der Waals surface area (Å²) in [5.41, 5.74) is 0.0512. The van der Waals surface area contributed by atoms with E-state index in [9.17, 15) is 23.1 Å². The number of anilines is 1. The zero-order chi connectivity index (χ0) is 47.1. The standard InChI is InChI=1S/C48H60N4O8.CH4O4S/c1-7-45-18-12-20-52-22-19-46(40(45)52)34-23-35(38(57-4)24-37(34)50(3)41(46)48(56,44(55)59-6)42(45)60-28(2)53)47(43(54)58-5)25-30-27-51(26-29-13-8-9-14-31(29)30)21-17-33-32-15-10-11-16-36(32)49-39(33)47;1-5-6(2,3)4/h10-12,15-16,18,23-24,29-31,40-42,49,56H,7-9,13-14,17,19-22,25-27H2,1-6H3;1H3,(H,2,3,4)/t29-,30?,31-,40-,41?,42?,45+,46?,47+,48+;/m0./s1. The fraction of sp³-hybridized carbons (Fsp3) is 0.612. The number of aliphatic hydroxyl groups is 1. The van der Waals surface area contributed by atoms with Crippen molar-refractivity contribution in [2.75, 3.05) is 73.1 Å². The van der Waals surface area contributed by atoms with Crippen molar-refractivity contribution in [3.8, 4) is 5.75 Å². The lowest BCUT2D eigenvalue weighted by Gasteiger charge is -2.63. The van der Waals surface area contributed by atoms with Crippen molar-refractivity contribution in [2.45, 2.75) is 99.8 Å². The molecule has 10 rings (SSSR count). The number of aromatic nitrogens is 1. The maximum absolute atomic E-state index is 15.5. The van der Waals surface area contributed by atoms with Gasteiger partial charge in [-0.25, -0.2) is 4.79 Å². The Morgan fingerprint density at radius 3 is 2.33 bits per heavy atom. The number of nitrogens with zero attached hydrogens (tertiary/aromatic N) is 3. The van der Waals surface area contributed by atoms with Crippen molar-refractivity contribution in [3.05, 3.63) is 70.9 Å². The molecule has 3 aromatic rings. The first-order valence-electron chi connectivity index (χ1n) is 23.3. The third-order valence-corrected chi connectivity index (χ3v) is 17.4. The number of nitrogens with one attached hydrogen (secondary N) is 1. The molecule has 1 spiro atoms. The van der Waals surface area contributed by atoms with Crippen LogP contribution in [-0.4, -0.2) is 143 Å². The summed E-state index contributed by atoms with van der Waals surface area (Å²) in [5.74, 6) is 0.0532. The van der Waals surface area contributed by atoms with Gasteiger partial charge < -0.3 is 38.8 Å². The van der Waals surface area contributed by atoms with Crippen LogP contribution in [0.5, 0.6) is 5.75 Å². The Morgan fingerprint density at radius 2 is 1.65 bits per heavy atom. The minimum atomic E-state index is -4.16. The van der Waals surface area contributed by atoms with Crippen LogP contribution in [-0.2, 0) is 60.4 Å². The third-order valence-electron chi connectivity index (χ3n) is 17.0. The van der Waals surface area contributed by atoms with Crippen molar-refractivity contribution >= 4 is 44.9 Å². The summed E-state index contributed by atoms with van der Waals surface area (Å²) in [6.07, 6.45) is 10.1. The van der Waals surface area contributed by atoms with Gasteiger partial charge in [-0.1, -0.05) is 50.1 Å². The highest BCUT2D eigenvalue weighted by molar-refractivity contribution is 7.80. The number of esters is 3. The topological polar surface area (TPSA) is 197 Å². The molecule has 0 radical (unpaired) electrons. The fourth-order valence-corrected chi connectivity index (χ4v) is 14.7. The van der Waals surface area contributed by atoms with E-state index in [-0.39, 0.29) is 17.9 Å². The molecule has 2 aromatic carbocycles. The van der Waals surface area contributed by atoms with Crippen molar-refractivity contribution in [1.29, 1.82) is 0 Å². The molecule has 17 heteroatoms. The van der Waals surface area contributed by atoms with Crippen LogP contribution in [0.4, 0.5) is 5.69 Å². The van der Waals surface area contributed by atoms with Crippen LogP contribution in [0.25, 0.3) is 10.9 Å². The molecule has 1 aromatic heterocycles. The number of rotatable bonds is 7. The average Bonchev–Trinajstić information content (AvgIpc) is 3.98. The van der Waals surface area contributed by atoms with Crippen molar-refractivity contribution in [2.24, 2.45) is 23.2 Å². The molecule has 16 nitrogen and oxygen atoms in total. The second-order valence-corrected chi connectivity index (χ2v) is 20.8. The van der Waals surface area contributed by atoms with Crippen LogP contribution in [0.3, 0.4) is 0 Å². The largest absolute Gasteiger partial charge is 0.496 e. The maximum Gasteiger partial charge on any atom is 0.397 e. The molecule has 66 heavy (non-hydrogen) atoms. The van der Waals surface area contributed by atoms with Crippen LogP contribution in [0.2, 0.25) is 0 Å². The number of hydrogen-bond acceptors (Lipinski definition) is 14. The van der Waals surface area contributed by atoms with Crippen molar-refractivity contribution < 1.29 is 55.6 Å². The van der Waals surface area contributed by atoms with E-state index in [0.29, 0.717) is 49.9 Å². The zero-order valence-corrected chi connectivity index (χ0v) is 39.8. The Balaban J connectivity index is 0.000000857. The van der Waals surface area contributed by atoms with Crippen LogP contribution in [0, 0.1) is 23.2 Å². The fourth-order valence-electron chi connectivity index (χ4n) is 14.7. The number of carbonyl (C=O) groups excluding carboxylic acids is 3. The van der Waals surface area contributed by atoms with Gasteiger partial charge >= 0.3 is 28.3 Å². The highest BCUT2D eigenvalue weighted by Gasteiger charge is 2.80. The van der Waals surface area contributed by atoms with Crippen LogP contribution >= 0.6 is 0 Å². The Hall–Kier alpha value is -4.52. The third kappa shape index (κ3) is 6.68. The first-order valence-corrected chi connectivity index (χ1v) is 24.7. The van der Waals surface area contributed by atoms with Gasteiger partial charge in [0.15, 0.2) is 6.10 Å². The molecule has 0 amide bonds. The van der Waals surface area contributed by atoms with Gasteiger partial charge in [0.25, 0.3) is 0 Å². The summed E-state index contributed by atoms with van der Waals surface area (Å²) in [6.45, 7) is 7.65. The monoisotopic (exact) mass is 932 g/mol. The molecule has 2 saturated carbocycles. The van der Waals surface area contributed by atoms with E-state index in [0.717, 1.165) is 78.6 Å². The van der Waals surface area contributed by atoms with Crippen LogP contribution in [0.1, 0.15) is 81.2 Å². The number of benzene rings is 2. The van der Waals surface area contributed by atoms with Crippen LogP contribution in [0.15, 0.2) is 48.6 Å². The molecule has 2 saturated heterocycles. The summed E-state index contributed by atoms with van der Waals surface area (Å²) in [6, 6.07) is 11.4. The quantitative estimate of drug-likeness (QED) is 0.128. The SMILES string of the molecule is CC[C@]12C=CCN3CCC4(c5cc([C@]6(C(=O)OC)CC7CN(CCc8c6[nH]c6ccccc86)C[C@@H]6CCCC[C@H]76)c(OC)cc5N(C)C4[C@](O)(C(=O)OC)C1OC(C)=O)[C@@H]32.COS(=O)(=O)O. The highest BCUT2D eigenvalue weighted by Crippen LogP contribution is 2.68. The van der Waals surface area contributed by atoms with Gasteiger partial charge in [-0.05, 0) is 86.1 Å². The summed E-state index contributed by atoms with van der Waals surface area (Å²) >= 11 is 0. The molecule has 5 aliphatic heterocycles. The smallest absolute Gasteiger partial charge is 0.397 e. The summed E-state index contributed by atoms with van der Waals surface area (Å²) < 4.78 is 53.9. The summed E-state index contributed by atoms with van der Waals surface area (Å²) in [4.78, 5) is 53.9. The van der Waals surface area contributed by atoms with E-state index in [1.54, 1.807) is 7.11 Å². The van der Waals surface area contributed by atoms with Crippen molar-refractivity contribution in [3.63, 3.8) is 0 Å². The van der Waals surface area contributed by atoms with Gasteiger partial charge in [-0.15, -0.1) is 0 Å².